The molecule has 1 saturated carbocycles. The van der Waals surface area contributed by atoms with Crippen LogP contribution in [0.2, 0.25) is 0 Å². The highest BCUT2D eigenvalue weighted by Crippen LogP contribution is 2.35. The number of ether oxygens (including phenoxy) is 1. The number of hydrogen-bond acceptors (Lipinski definition) is 3. The fourth-order valence-corrected chi connectivity index (χ4v) is 5.37. The lowest BCUT2D eigenvalue weighted by atomic mass is 9.85. The van der Waals surface area contributed by atoms with E-state index in [0.29, 0.717) is 13.2 Å². The number of fused-ring (bicyclic) bond motifs is 3. The molecule has 0 unspecified atom stereocenters. The minimum Gasteiger partial charge on any atom is -0.374 e. The Bertz CT molecular complexity index is 937. The lowest BCUT2D eigenvalue weighted by molar-refractivity contribution is -0.152. The zero-order chi connectivity index (χ0) is 21.2. The van der Waals surface area contributed by atoms with E-state index >= 15 is 0 Å². The molecule has 3 aliphatic rings. The second-order valence-electron chi connectivity index (χ2n) is 9.04. The van der Waals surface area contributed by atoms with Crippen LogP contribution in [0.25, 0.3) is 0 Å². The van der Waals surface area contributed by atoms with E-state index in [9.17, 15) is 9.59 Å². The van der Waals surface area contributed by atoms with Gasteiger partial charge in [-0.15, -0.1) is 0 Å². The summed E-state index contributed by atoms with van der Waals surface area (Å²) in [6.07, 6.45) is 4.61. The van der Waals surface area contributed by atoms with Crippen LogP contribution in [0, 0.1) is 5.92 Å². The minimum atomic E-state index is 0.000643. The summed E-state index contributed by atoms with van der Waals surface area (Å²) < 4.78 is 6.08. The second kappa shape index (κ2) is 8.83. The first-order chi connectivity index (χ1) is 15.2. The zero-order valence-electron chi connectivity index (χ0n) is 17.9. The van der Waals surface area contributed by atoms with Gasteiger partial charge in [0, 0.05) is 19.0 Å². The molecule has 1 saturated heterocycles. The maximum Gasteiger partial charge on any atom is 0.242 e. The van der Waals surface area contributed by atoms with Gasteiger partial charge in [0.2, 0.25) is 11.8 Å². The molecule has 5 nitrogen and oxygen atoms in total. The van der Waals surface area contributed by atoms with Crippen LogP contribution in [0.5, 0.6) is 0 Å². The molecule has 0 bridgehead atoms. The Morgan fingerprint density at radius 1 is 0.968 bits per heavy atom. The lowest BCUT2D eigenvalue weighted by Gasteiger charge is -2.45. The summed E-state index contributed by atoms with van der Waals surface area (Å²) in [6, 6.07) is 18.6. The van der Waals surface area contributed by atoms with Crippen molar-refractivity contribution in [3.05, 3.63) is 71.3 Å². The van der Waals surface area contributed by atoms with Gasteiger partial charge in [0.05, 0.1) is 25.3 Å². The van der Waals surface area contributed by atoms with Crippen LogP contribution in [0.3, 0.4) is 0 Å². The molecule has 162 valence electrons. The SMILES string of the molecule is O=C(C1CCC(OCc2ccccc2)CC1)N1CC(=O)N2CCc3ccccc3[C@@H]2C1. The highest BCUT2D eigenvalue weighted by molar-refractivity contribution is 5.87. The molecule has 2 amide bonds. The summed E-state index contributed by atoms with van der Waals surface area (Å²) >= 11 is 0. The van der Waals surface area contributed by atoms with E-state index in [-0.39, 0.29) is 36.4 Å². The van der Waals surface area contributed by atoms with Crippen molar-refractivity contribution in [2.75, 3.05) is 19.6 Å². The van der Waals surface area contributed by atoms with E-state index in [1.165, 1.54) is 16.7 Å². The fraction of sp³-hybridized carbons (Fsp3) is 0.462. The van der Waals surface area contributed by atoms with E-state index in [1.54, 1.807) is 0 Å². The Hall–Kier alpha value is -2.66. The Morgan fingerprint density at radius 2 is 1.71 bits per heavy atom. The molecule has 2 aromatic rings. The number of carbonyl (C=O) groups is 2. The third-order valence-corrected chi connectivity index (χ3v) is 7.12. The molecule has 0 spiro atoms. The van der Waals surface area contributed by atoms with Gasteiger partial charge in [-0.25, -0.2) is 0 Å². The van der Waals surface area contributed by atoms with Gasteiger partial charge in [-0.3, -0.25) is 9.59 Å². The average Bonchev–Trinajstić information content (AvgIpc) is 2.83. The smallest absolute Gasteiger partial charge is 0.242 e. The molecule has 31 heavy (non-hydrogen) atoms. The number of rotatable bonds is 4. The topological polar surface area (TPSA) is 49.9 Å². The maximum atomic E-state index is 13.3. The van der Waals surface area contributed by atoms with Gasteiger partial charge in [-0.05, 0) is 48.8 Å². The maximum absolute atomic E-state index is 13.3. The van der Waals surface area contributed by atoms with E-state index in [2.05, 4.69) is 30.3 Å². The monoisotopic (exact) mass is 418 g/mol. The highest BCUT2D eigenvalue weighted by Gasteiger charge is 2.40. The molecule has 2 aliphatic heterocycles. The van der Waals surface area contributed by atoms with E-state index < -0.39 is 0 Å². The quantitative estimate of drug-likeness (QED) is 0.760. The normalized spacial score (nSPS) is 25.7. The van der Waals surface area contributed by atoms with Crippen molar-refractivity contribution >= 4 is 11.8 Å². The number of carbonyl (C=O) groups excluding carboxylic acids is 2. The summed E-state index contributed by atoms with van der Waals surface area (Å²) in [6.45, 7) is 2.22. The molecule has 1 aliphatic carbocycles. The number of amides is 2. The van der Waals surface area contributed by atoms with Gasteiger partial charge in [-0.2, -0.15) is 0 Å². The molecular formula is C26H30N2O3. The summed E-state index contributed by atoms with van der Waals surface area (Å²) in [5.41, 5.74) is 3.70. The first-order valence-corrected chi connectivity index (χ1v) is 11.5. The van der Waals surface area contributed by atoms with Crippen LogP contribution < -0.4 is 0 Å². The first kappa shape index (κ1) is 20.3. The first-order valence-electron chi connectivity index (χ1n) is 11.5. The molecule has 2 fully saturated rings. The third kappa shape index (κ3) is 4.24. The molecule has 1 atom stereocenters. The lowest BCUT2D eigenvalue weighted by Crippen LogP contribution is -2.56. The van der Waals surface area contributed by atoms with Crippen molar-refractivity contribution < 1.29 is 14.3 Å². The average molecular weight is 419 g/mol. The number of piperazine rings is 1. The van der Waals surface area contributed by atoms with Gasteiger partial charge in [0.15, 0.2) is 0 Å². The van der Waals surface area contributed by atoms with Crippen LogP contribution in [-0.2, 0) is 27.4 Å². The number of nitrogens with zero attached hydrogens (tertiary/aromatic N) is 2. The summed E-state index contributed by atoms with van der Waals surface area (Å²) in [5.74, 6) is 0.242. The number of benzene rings is 2. The van der Waals surface area contributed by atoms with Crippen molar-refractivity contribution in [3.63, 3.8) is 0 Å². The van der Waals surface area contributed by atoms with Crippen molar-refractivity contribution in [2.45, 2.75) is 50.9 Å². The molecule has 5 heteroatoms. The summed E-state index contributed by atoms with van der Waals surface area (Å²) in [7, 11) is 0. The van der Waals surface area contributed by atoms with Crippen LogP contribution in [0.15, 0.2) is 54.6 Å². The Labute approximate surface area is 184 Å². The predicted molar refractivity (Wildman–Crippen MR) is 118 cm³/mol. The van der Waals surface area contributed by atoms with Crippen molar-refractivity contribution in [1.29, 1.82) is 0 Å². The molecule has 0 aromatic heterocycles. The van der Waals surface area contributed by atoms with E-state index in [4.69, 9.17) is 4.74 Å². The van der Waals surface area contributed by atoms with E-state index in [0.717, 1.165) is 38.6 Å². The molecule has 2 aromatic carbocycles. The van der Waals surface area contributed by atoms with Crippen LogP contribution in [-0.4, -0.2) is 47.4 Å². The molecule has 0 N–H and O–H groups in total. The molecule has 2 heterocycles. The fourth-order valence-electron chi connectivity index (χ4n) is 5.37. The highest BCUT2D eigenvalue weighted by atomic mass is 16.5. The molecule has 0 radical (unpaired) electrons. The summed E-state index contributed by atoms with van der Waals surface area (Å²) in [4.78, 5) is 29.9. The zero-order valence-corrected chi connectivity index (χ0v) is 17.9. The van der Waals surface area contributed by atoms with Gasteiger partial charge in [0.25, 0.3) is 0 Å². The van der Waals surface area contributed by atoms with Gasteiger partial charge >= 0.3 is 0 Å². The van der Waals surface area contributed by atoms with Crippen molar-refractivity contribution in [2.24, 2.45) is 5.92 Å². The minimum absolute atomic E-state index is 0.000643. The standard InChI is InChI=1S/C26H30N2O3/c29-25-17-27(16-24-23-9-5-4-8-20(23)14-15-28(24)25)26(30)21-10-12-22(13-11-21)31-18-19-6-2-1-3-7-19/h1-9,21-22,24H,10-18H2/t21?,22?,24-/m0/s1. The number of hydrogen-bond donors (Lipinski definition) is 0. The van der Waals surface area contributed by atoms with Crippen LogP contribution >= 0.6 is 0 Å². The van der Waals surface area contributed by atoms with Crippen LogP contribution in [0.4, 0.5) is 0 Å². The Morgan fingerprint density at radius 3 is 2.52 bits per heavy atom. The summed E-state index contributed by atoms with van der Waals surface area (Å²) in [5, 5.41) is 0. The van der Waals surface area contributed by atoms with Crippen LogP contribution in [0.1, 0.15) is 48.4 Å². The largest absolute Gasteiger partial charge is 0.374 e. The third-order valence-electron chi connectivity index (χ3n) is 7.12. The van der Waals surface area contributed by atoms with Crippen molar-refractivity contribution in [1.82, 2.24) is 9.80 Å². The van der Waals surface area contributed by atoms with E-state index in [1.807, 2.05) is 34.1 Å². The second-order valence-corrected chi connectivity index (χ2v) is 9.04. The van der Waals surface area contributed by atoms with Gasteiger partial charge in [0.1, 0.15) is 0 Å². The molecular weight excluding hydrogens is 388 g/mol. The van der Waals surface area contributed by atoms with Crippen molar-refractivity contribution in [3.8, 4) is 0 Å². The predicted octanol–water partition coefficient (Wildman–Crippen LogP) is 3.73. The van der Waals surface area contributed by atoms with Gasteiger partial charge in [-0.1, -0.05) is 54.6 Å². The Balaban J connectivity index is 1.18. The Kier molecular flexibility index (Phi) is 5.77. The molecule has 5 rings (SSSR count). The van der Waals surface area contributed by atoms with Gasteiger partial charge < -0.3 is 14.5 Å².